The molecule has 0 fully saturated rings. The highest BCUT2D eigenvalue weighted by atomic mass is 16.5. The number of rotatable bonds is 19. The molecule has 148 valence electrons. The summed E-state index contributed by atoms with van der Waals surface area (Å²) in [6.07, 6.45) is 18.0. The molecule has 0 aromatic carbocycles. The zero-order chi connectivity index (χ0) is 18.6. The van der Waals surface area contributed by atoms with Gasteiger partial charge < -0.3 is 14.9 Å². The molecule has 0 aromatic rings. The van der Waals surface area contributed by atoms with E-state index in [0.29, 0.717) is 13.0 Å². The fourth-order valence-corrected chi connectivity index (χ4v) is 2.65. The predicted molar refractivity (Wildman–Crippen MR) is 104 cm³/mol. The SMILES string of the molecule is CCCCCCCCCCC/C=C/C(=O)CCCCOC[C@H](O)CO. The van der Waals surface area contributed by atoms with Crippen molar-refractivity contribution in [3.05, 3.63) is 12.2 Å². The van der Waals surface area contributed by atoms with Crippen molar-refractivity contribution in [2.75, 3.05) is 19.8 Å². The summed E-state index contributed by atoms with van der Waals surface area (Å²) in [5, 5.41) is 17.7. The number of aliphatic hydroxyl groups is 2. The van der Waals surface area contributed by atoms with Crippen LogP contribution >= 0.6 is 0 Å². The number of ketones is 1. The van der Waals surface area contributed by atoms with E-state index in [2.05, 4.69) is 6.92 Å². The van der Waals surface area contributed by atoms with Crippen LogP contribution in [0.15, 0.2) is 12.2 Å². The van der Waals surface area contributed by atoms with Crippen molar-refractivity contribution in [3.8, 4) is 0 Å². The van der Waals surface area contributed by atoms with Gasteiger partial charge in [-0.3, -0.25) is 4.79 Å². The molecule has 0 spiro atoms. The fraction of sp³-hybridized carbons (Fsp3) is 0.857. The van der Waals surface area contributed by atoms with Gasteiger partial charge in [-0.15, -0.1) is 0 Å². The molecule has 0 unspecified atom stereocenters. The van der Waals surface area contributed by atoms with Crippen molar-refractivity contribution in [2.24, 2.45) is 0 Å². The number of unbranched alkanes of at least 4 members (excludes halogenated alkanes) is 10. The van der Waals surface area contributed by atoms with Crippen LogP contribution in [0.25, 0.3) is 0 Å². The van der Waals surface area contributed by atoms with Gasteiger partial charge in [-0.05, 0) is 31.8 Å². The molecule has 0 heterocycles. The second-order valence-electron chi connectivity index (χ2n) is 6.85. The molecule has 0 rings (SSSR count). The molecule has 1 atom stereocenters. The third-order valence-electron chi connectivity index (χ3n) is 4.26. The highest BCUT2D eigenvalue weighted by molar-refractivity contribution is 5.89. The first-order valence-electron chi connectivity index (χ1n) is 10.3. The zero-order valence-corrected chi connectivity index (χ0v) is 16.3. The summed E-state index contributed by atoms with van der Waals surface area (Å²) in [5.41, 5.74) is 0. The van der Waals surface area contributed by atoms with Crippen LogP contribution in [0.2, 0.25) is 0 Å². The third-order valence-corrected chi connectivity index (χ3v) is 4.26. The van der Waals surface area contributed by atoms with Gasteiger partial charge >= 0.3 is 0 Å². The average molecular weight is 357 g/mol. The lowest BCUT2D eigenvalue weighted by molar-refractivity contribution is -0.114. The fourth-order valence-electron chi connectivity index (χ4n) is 2.65. The van der Waals surface area contributed by atoms with Crippen LogP contribution in [-0.4, -0.2) is 41.9 Å². The van der Waals surface area contributed by atoms with E-state index in [1.54, 1.807) is 6.08 Å². The highest BCUT2D eigenvalue weighted by Gasteiger charge is 2.01. The topological polar surface area (TPSA) is 66.8 Å². The smallest absolute Gasteiger partial charge is 0.155 e. The van der Waals surface area contributed by atoms with Gasteiger partial charge in [-0.25, -0.2) is 0 Å². The van der Waals surface area contributed by atoms with E-state index in [1.807, 2.05) is 6.08 Å². The summed E-state index contributed by atoms with van der Waals surface area (Å²) in [5.74, 6) is 0.186. The monoisotopic (exact) mass is 356 g/mol. The number of hydrogen-bond donors (Lipinski definition) is 2. The lowest BCUT2D eigenvalue weighted by Crippen LogP contribution is -2.19. The lowest BCUT2D eigenvalue weighted by Gasteiger charge is -2.07. The van der Waals surface area contributed by atoms with Gasteiger partial charge in [0, 0.05) is 13.0 Å². The molecular weight excluding hydrogens is 316 g/mol. The number of ether oxygens (including phenoxy) is 1. The second-order valence-corrected chi connectivity index (χ2v) is 6.85. The molecule has 0 saturated heterocycles. The Morgan fingerprint density at radius 1 is 0.960 bits per heavy atom. The van der Waals surface area contributed by atoms with E-state index < -0.39 is 6.10 Å². The molecule has 0 bridgehead atoms. The maximum atomic E-state index is 11.7. The van der Waals surface area contributed by atoms with Gasteiger partial charge in [-0.1, -0.05) is 64.4 Å². The molecule has 0 saturated carbocycles. The molecule has 4 heteroatoms. The van der Waals surface area contributed by atoms with Crippen LogP contribution < -0.4 is 0 Å². The molecule has 0 aromatic heterocycles. The average Bonchev–Trinajstić information content (AvgIpc) is 2.62. The summed E-state index contributed by atoms with van der Waals surface area (Å²) in [6.45, 7) is 2.65. The molecule has 0 aliphatic heterocycles. The molecular formula is C21H40O4. The molecule has 0 amide bonds. The van der Waals surface area contributed by atoms with Gasteiger partial charge in [0.05, 0.1) is 13.2 Å². The standard InChI is InChI=1S/C21H40O4/c1-2-3-4-5-6-7-8-9-10-11-12-15-20(23)16-13-14-17-25-19-21(24)18-22/h12,15,21-22,24H,2-11,13-14,16-19H2,1H3/b15-12+/t21-/m1/s1. The van der Waals surface area contributed by atoms with Crippen molar-refractivity contribution >= 4 is 5.78 Å². The van der Waals surface area contributed by atoms with Crippen LogP contribution in [0.5, 0.6) is 0 Å². The predicted octanol–water partition coefficient (Wildman–Crippen LogP) is 4.57. The Kier molecular flexibility index (Phi) is 19.1. The van der Waals surface area contributed by atoms with Crippen molar-refractivity contribution in [2.45, 2.75) is 96.5 Å². The van der Waals surface area contributed by atoms with Crippen LogP contribution in [0.1, 0.15) is 90.4 Å². The minimum Gasteiger partial charge on any atom is -0.394 e. The highest BCUT2D eigenvalue weighted by Crippen LogP contribution is 2.10. The number of aliphatic hydroxyl groups excluding tert-OH is 2. The van der Waals surface area contributed by atoms with Gasteiger partial charge in [-0.2, -0.15) is 0 Å². The Hall–Kier alpha value is -0.710. The van der Waals surface area contributed by atoms with Gasteiger partial charge in [0.15, 0.2) is 5.78 Å². The summed E-state index contributed by atoms with van der Waals surface area (Å²) in [4.78, 5) is 11.7. The van der Waals surface area contributed by atoms with Crippen molar-refractivity contribution in [1.82, 2.24) is 0 Å². The number of carbonyl (C=O) groups is 1. The summed E-state index contributed by atoms with van der Waals surface area (Å²) >= 11 is 0. The van der Waals surface area contributed by atoms with Gasteiger partial charge in [0.1, 0.15) is 6.10 Å². The summed E-state index contributed by atoms with van der Waals surface area (Å²) < 4.78 is 5.20. The minimum atomic E-state index is -0.800. The molecule has 4 nitrogen and oxygen atoms in total. The Bertz CT molecular complexity index is 315. The maximum absolute atomic E-state index is 11.7. The first kappa shape index (κ1) is 24.3. The summed E-state index contributed by atoms with van der Waals surface area (Å²) in [6, 6.07) is 0. The minimum absolute atomic E-state index is 0.156. The number of hydrogen-bond acceptors (Lipinski definition) is 4. The van der Waals surface area contributed by atoms with E-state index in [4.69, 9.17) is 14.9 Å². The van der Waals surface area contributed by atoms with E-state index in [-0.39, 0.29) is 19.0 Å². The Morgan fingerprint density at radius 3 is 2.24 bits per heavy atom. The lowest BCUT2D eigenvalue weighted by atomic mass is 10.1. The third kappa shape index (κ3) is 19.5. The van der Waals surface area contributed by atoms with Crippen molar-refractivity contribution in [1.29, 1.82) is 0 Å². The second kappa shape index (κ2) is 19.6. The zero-order valence-electron chi connectivity index (χ0n) is 16.3. The van der Waals surface area contributed by atoms with Crippen LogP contribution in [0.4, 0.5) is 0 Å². The van der Waals surface area contributed by atoms with Crippen molar-refractivity contribution in [3.63, 3.8) is 0 Å². The van der Waals surface area contributed by atoms with E-state index in [0.717, 1.165) is 19.3 Å². The van der Waals surface area contributed by atoms with Crippen LogP contribution in [-0.2, 0) is 9.53 Å². The number of allylic oxidation sites excluding steroid dienone is 2. The molecule has 0 aliphatic rings. The first-order valence-corrected chi connectivity index (χ1v) is 10.3. The van der Waals surface area contributed by atoms with Crippen molar-refractivity contribution < 1.29 is 19.7 Å². The van der Waals surface area contributed by atoms with Crippen LogP contribution in [0, 0.1) is 0 Å². The molecule has 0 aliphatic carbocycles. The molecule has 25 heavy (non-hydrogen) atoms. The number of carbonyl (C=O) groups excluding carboxylic acids is 1. The van der Waals surface area contributed by atoms with Gasteiger partial charge in [0.2, 0.25) is 0 Å². The largest absolute Gasteiger partial charge is 0.394 e. The quantitative estimate of drug-likeness (QED) is 0.263. The van der Waals surface area contributed by atoms with E-state index >= 15 is 0 Å². The Labute approximate surface area is 154 Å². The molecule has 0 radical (unpaired) electrons. The Morgan fingerprint density at radius 2 is 1.60 bits per heavy atom. The maximum Gasteiger partial charge on any atom is 0.155 e. The molecule has 2 N–H and O–H groups in total. The normalized spacial score (nSPS) is 12.8. The van der Waals surface area contributed by atoms with Gasteiger partial charge in [0.25, 0.3) is 0 Å². The Balaban J connectivity index is 3.30. The van der Waals surface area contributed by atoms with E-state index in [1.165, 1.54) is 57.8 Å². The van der Waals surface area contributed by atoms with Crippen LogP contribution in [0.3, 0.4) is 0 Å². The first-order chi connectivity index (χ1) is 12.2. The summed E-state index contributed by atoms with van der Waals surface area (Å²) in [7, 11) is 0. The van der Waals surface area contributed by atoms with E-state index in [9.17, 15) is 4.79 Å².